The van der Waals surface area contributed by atoms with Crippen molar-refractivity contribution in [2.24, 2.45) is 11.7 Å². The van der Waals surface area contributed by atoms with E-state index < -0.39 is 17.5 Å². The highest BCUT2D eigenvalue weighted by Crippen LogP contribution is 2.23. The minimum absolute atomic E-state index is 0.0873. The number of nitrogens with one attached hydrogen (secondary N) is 1. The van der Waals surface area contributed by atoms with E-state index in [1.165, 1.54) is 17.2 Å². The number of H-pyrrole nitrogens is 1. The summed E-state index contributed by atoms with van der Waals surface area (Å²) >= 11 is 0. The van der Waals surface area contributed by atoms with Crippen LogP contribution in [-0.2, 0) is 4.79 Å². The highest BCUT2D eigenvalue weighted by Gasteiger charge is 2.31. The van der Waals surface area contributed by atoms with Gasteiger partial charge in [-0.25, -0.2) is 4.39 Å². The molecule has 1 aromatic heterocycles. The number of nitrogens with two attached hydrogens (primary N) is 1. The number of hydrogen-bond donors (Lipinski definition) is 2. The van der Waals surface area contributed by atoms with Gasteiger partial charge in [0.2, 0.25) is 0 Å². The maximum atomic E-state index is 13.9. The third-order valence-corrected chi connectivity index (χ3v) is 4.00. The van der Waals surface area contributed by atoms with Gasteiger partial charge >= 0.3 is 0 Å². The van der Waals surface area contributed by atoms with Gasteiger partial charge in [0.1, 0.15) is 5.82 Å². The summed E-state index contributed by atoms with van der Waals surface area (Å²) in [6, 6.07) is 4.49. The number of aromatic amines is 1. The molecule has 1 amide bonds. The van der Waals surface area contributed by atoms with Crippen molar-refractivity contribution in [3.8, 4) is 0 Å². The van der Waals surface area contributed by atoms with Crippen LogP contribution < -0.4 is 5.73 Å². The quantitative estimate of drug-likeness (QED) is 0.660. The molecule has 1 aromatic carbocycles. The first-order valence-electron chi connectivity index (χ1n) is 6.91. The second kappa shape index (κ2) is 5.29. The number of halogens is 1. The Morgan fingerprint density at radius 2 is 2.24 bits per heavy atom. The van der Waals surface area contributed by atoms with Crippen LogP contribution in [0.25, 0.3) is 10.9 Å². The minimum atomic E-state index is -0.677. The molecule has 1 aliphatic heterocycles. The molecule has 3 rings (SSSR count). The Hall–Kier alpha value is -2.21. The molecular weight excluding hydrogens is 273 g/mol. The summed E-state index contributed by atoms with van der Waals surface area (Å²) in [6.07, 6.45) is 2.20. The Kier molecular flexibility index (Phi) is 3.47. The van der Waals surface area contributed by atoms with Crippen molar-refractivity contribution in [1.82, 2.24) is 9.88 Å². The van der Waals surface area contributed by atoms with Gasteiger partial charge in [0.25, 0.3) is 11.7 Å². The Bertz CT molecular complexity index is 710. The second-order valence-electron chi connectivity index (χ2n) is 5.34. The van der Waals surface area contributed by atoms with Crippen LogP contribution in [0.1, 0.15) is 16.8 Å². The maximum absolute atomic E-state index is 13.9. The largest absolute Gasteiger partial charge is 0.360 e. The lowest BCUT2D eigenvalue weighted by Crippen LogP contribution is -2.35. The molecule has 6 heteroatoms. The predicted molar refractivity (Wildman–Crippen MR) is 76.3 cm³/mol. The van der Waals surface area contributed by atoms with Crippen LogP contribution in [0.2, 0.25) is 0 Å². The molecule has 0 spiro atoms. The van der Waals surface area contributed by atoms with Crippen LogP contribution in [0, 0.1) is 11.7 Å². The molecule has 1 unspecified atom stereocenters. The van der Waals surface area contributed by atoms with Crippen molar-refractivity contribution in [3.05, 3.63) is 35.8 Å². The SMILES string of the molecule is NCC1CCN(C(=O)C(=O)c2c[nH]c3cccc(F)c23)C1. The van der Waals surface area contributed by atoms with Crippen molar-refractivity contribution < 1.29 is 14.0 Å². The molecule has 5 nitrogen and oxygen atoms in total. The van der Waals surface area contributed by atoms with E-state index in [1.54, 1.807) is 12.1 Å². The first kappa shape index (κ1) is 13.8. The monoisotopic (exact) mass is 289 g/mol. The fourth-order valence-electron chi connectivity index (χ4n) is 2.79. The lowest BCUT2D eigenvalue weighted by molar-refractivity contribution is -0.125. The van der Waals surface area contributed by atoms with E-state index in [0.717, 1.165) is 6.42 Å². The summed E-state index contributed by atoms with van der Waals surface area (Å²) in [4.78, 5) is 28.9. The highest BCUT2D eigenvalue weighted by molar-refractivity contribution is 6.44. The number of aromatic nitrogens is 1. The van der Waals surface area contributed by atoms with E-state index in [1.807, 2.05) is 0 Å². The number of fused-ring (bicyclic) bond motifs is 1. The van der Waals surface area contributed by atoms with E-state index >= 15 is 0 Å². The first-order chi connectivity index (χ1) is 10.1. The molecule has 0 saturated carbocycles. The molecular formula is C15H16FN3O2. The van der Waals surface area contributed by atoms with Crippen LogP contribution in [0.3, 0.4) is 0 Å². The number of carbonyl (C=O) groups excluding carboxylic acids is 2. The zero-order chi connectivity index (χ0) is 15.0. The van der Waals surface area contributed by atoms with Gasteiger partial charge in [-0.1, -0.05) is 6.07 Å². The van der Waals surface area contributed by atoms with Gasteiger partial charge in [-0.3, -0.25) is 9.59 Å². The van der Waals surface area contributed by atoms with Crippen LogP contribution in [0.4, 0.5) is 4.39 Å². The summed E-state index contributed by atoms with van der Waals surface area (Å²) in [6.45, 7) is 1.52. The summed E-state index contributed by atoms with van der Waals surface area (Å²) in [7, 11) is 0. The molecule has 1 fully saturated rings. The number of nitrogens with zero attached hydrogens (tertiary/aromatic N) is 1. The smallest absolute Gasteiger partial charge is 0.295 e. The number of likely N-dealkylation sites (tertiary alicyclic amines) is 1. The van der Waals surface area contributed by atoms with Gasteiger partial charge in [0.15, 0.2) is 0 Å². The van der Waals surface area contributed by atoms with Crippen molar-refractivity contribution in [2.45, 2.75) is 6.42 Å². The summed E-state index contributed by atoms with van der Waals surface area (Å²) < 4.78 is 13.9. The standard InChI is InChI=1S/C15H16FN3O2/c16-11-2-1-3-12-13(11)10(7-18-12)14(20)15(21)19-5-4-9(6-17)8-19/h1-3,7,9,18H,4-6,8,17H2. The number of amides is 1. The predicted octanol–water partition coefficient (Wildman–Crippen LogP) is 1.30. The molecule has 2 aromatic rings. The average molecular weight is 289 g/mol. The lowest BCUT2D eigenvalue weighted by Gasteiger charge is -2.14. The van der Waals surface area contributed by atoms with E-state index in [4.69, 9.17) is 5.73 Å². The number of ketones is 1. The molecule has 0 bridgehead atoms. The van der Waals surface area contributed by atoms with E-state index in [9.17, 15) is 14.0 Å². The number of hydrogen-bond acceptors (Lipinski definition) is 3. The normalized spacial score (nSPS) is 18.4. The Morgan fingerprint density at radius 1 is 1.43 bits per heavy atom. The summed E-state index contributed by atoms with van der Waals surface area (Å²) in [5.74, 6) is -1.54. The molecule has 0 radical (unpaired) electrons. The molecule has 1 atom stereocenters. The van der Waals surface area contributed by atoms with E-state index in [0.29, 0.717) is 25.2 Å². The van der Waals surface area contributed by atoms with E-state index in [2.05, 4.69) is 4.98 Å². The summed E-state index contributed by atoms with van der Waals surface area (Å²) in [5, 5.41) is 0.172. The fourth-order valence-corrected chi connectivity index (χ4v) is 2.79. The number of rotatable bonds is 3. The maximum Gasteiger partial charge on any atom is 0.295 e. The molecule has 110 valence electrons. The van der Waals surface area contributed by atoms with Crippen molar-refractivity contribution in [2.75, 3.05) is 19.6 Å². The van der Waals surface area contributed by atoms with Gasteiger partial charge in [-0.05, 0) is 31.0 Å². The average Bonchev–Trinajstić information content (AvgIpc) is 3.13. The number of Topliss-reactive ketones (excluding diaryl/α,β-unsaturated/α-hetero) is 1. The van der Waals surface area contributed by atoms with Gasteiger partial charge in [0.05, 0.1) is 5.56 Å². The molecule has 21 heavy (non-hydrogen) atoms. The molecule has 0 aliphatic carbocycles. The van der Waals surface area contributed by atoms with E-state index in [-0.39, 0.29) is 16.9 Å². The fraction of sp³-hybridized carbons (Fsp3) is 0.333. The van der Waals surface area contributed by atoms with Crippen LogP contribution in [0.5, 0.6) is 0 Å². The Labute approximate surface area is 120 Å². The Morgan fingerprint density at radius 3 is 2.95 bits per heavy atom. The van der Waals surface area contributed by atoms with Crippen LogP contribution in [0.15, 0.2) is 24.4 Å². The first-order valence-corrected chi connectivity index (χ1v) is 6.91. The third-order valence-electron chi connectivity index (χ3n) is 4.00. The van der Waals surface area contributed by atoms with Crippen molar-refractivity contribution in [1.29, 1.82) is 0 Å². The molecule has 1 aliphatic rings. The lowest BCUT2D eigenvalue weighted by atomic mass is 10.1. The highest BCUT2D eigenvalue weighted by atomic mass is 19.1. The van der Waals surface area contributed by atoms with Gasteiger partial charge < -0.3 is 15.6 Å². The third kappa shape index (κ3) is 2.31. The number of benzene rings is 1. The van der Waals surface area contributed by atoms with Gasteiger partial charge in [-0.15, -0.1) is 0 Å². The minimum Gasteiger partial charge on any atom is -0.360 e. The topological polar surface area (TPSA) is 79.2 Å². The summed E-state index contributed by atoms with van der Waals surface area (Å²) in [5.41, 5.74) is 6.18. The van der Waals surface area contributed by atoms with Crippen molar-refractivity contribution >= 4 is 22.6 Å². The number of carbonyl (C=O) groups is 2. The van der Waals surface area contributed by atoms with Crippen LogP contribution in [-0.4, -0.2) is 41.2 Å². The van der Waals surface area contributed by atoms with Crippen molar-refractivity contribution in [3.63, 3.8) is 0 Å². The van der Waals surface area contributed by atoms with Gasteiger partial charge in [0, 0.05) is 30.2 Å². The van der Waals surface area contributed by atoms with Gasteiger partial charge in [-0.2, -0.15) is 0 Å². The zero-order valence-corrected chi connectivity index (χ0v) is 11.4. The zero-order valence-electron chi connectivity index (χ0n) is 11.4. The molecule has 1 saturated heterocycles. The molecule has 3 N–H and O–H groups in total. The second-order valence-corrected chi connectivity index (χ2v) is 5.34. The van der Waals surface area contributed by atoms with Crippen LogP contribution >= 0.6 is 0 Å². The Balaban J connectivity index is 1.89. The molecule has 2 heterocycles.